The maximum absolute atomic E-state index is 13.8. The molecule has 2 unspecified atom stereocenters. The van der Waals surface area contributed by atoms with Crippen LogP contribution in [0.15, 0.2) is 36.5 Å². The average Bonchev–Trinajstić information content (AvgIpc) is 2.91. The average molecular weight is 288 g/mol. The smallest absolute Gasteiger partial charge is 0.129 e. The number of hydrogen-bond acceptors (Lipinski definition) is 2. The lowest BCUT2D eigenvalue weighted by molar-refractivity contribution is 0.432. The molecule has 0 aliphatic heterocycles. The van der Waals surface area contributed by atoms with Gasteiger partial charge in [-0.2, -0.15) is 0 Å². The van der Waals surface area contributed by atoms with Crippen LogP contribution in [0.3, 0.4) is 0 Å². The van der Waals surface area contributed by atoms with E-state index in [1.54, 1.807) is 6.20 Å². The summed E-state index contributed by atoms with van der Waals surface area (Å²) in [4.78, 5) is 4.47. The summed E-state index contributed by atoms with van der Waals surface area (Å²) in [7, 11) is 1.84. The topological polar surface area (TPSA) is 24.9 Å². The summed E-state index contributed by atoms with van der Waals surface area (Å²) in [5.41, 5.74) is 2.46. The molecule has 21 heavy (non-hydrogen) atoms. The van der Waals surface area contributed by atoms with Crippen molar-refractivity contribution in [2.24, 2.45) is 0 Å². The van der Waals surface area contributed by atoms with Gasteiger partial charge in [0.05, 0.1) is 0 Å². The molecule has 0 fully saturated rings. The first-order valence-electron chi connectivity index (χ1n) is 7.24. The molecule has 1 N–H and O–H groups in total. The van der Waals surface area contributed by atoms with Crippen LogP contribution >= 0.6 is 0 Å². The molecule has 1 aromatic carbocycles. The minimum Gasteiger partial charge on any atom is -0.316 e. The lowest BCUT2D eigenvalue weighted by Gasteiger charge is -2.24. The molecular formula is C17H18F2N2. The largest absolute Gasteiger partial charge is 0.316 e. The molecule has 1 heterocycles. The number of aromatic nitrogens is 1. The van der Waals surface area contributed by atoms with E-state index in [2.05, 4.69) is 16.4 Å². The molecule has 2 atom stereocenters. The summed E-state index contributed by atoms with van der Waals surface area (Å²) in [6, 6.07) is 8.02. The van der Waals surface area contributed by atoms with Crippen molar-refractivity contribution in [3.05, 3.63) is 65.0 Å². The maximum Gasteiger partial charge on any atom is 0.129 e. The Kier molecular flexibility index (Phi) is 3.97. The molecule has 0 spiro atoms. The molecule has 0 amide bonds. The summed E-state index contributed by atoms with van der Waals surface area (Å²) in [5, 5.41) is 3.21. The van der Waals surface area contributed by atoms with Crippen LogP contribution in [0.4, 0.5) is 8.78 Å². The molecule has 0 bridgehead atoms. The third kappa shape index (κ3) is 2.68. The highest BCUT2D eigenvalue weighted by molar-refractivity contribution is 5.31. The van der Waals surface area contributed by atoms with Crippen molar-refractivity contribution < 1.29 is 8.78 Å². The maximum atomic E-state index is 13.8. The molecule has 4 heteroatoms. The van der Waals surface area contributed by atoms with Gasteiger partial charge in [-0.15, -0.1) is 0 Å². The van der Waals surface area contributed by atoms with E-state index in [9.17, 15) is 8.78 Å². The first-order chi connectivity index (χ1) is 10.2. The third-order valence-electron chi connectivity index (χ3n) is 4.34. The number of pyridine rings is 1. The van der Waals surface area contributed by atoms with E-state index in [0.717, 1.165) is 18.5 Å². The highest BCUT2D eigenvalue weighted by Gasteiger charge is 2.31. The van der Waals surface area contributed by atoms with E-state index < -0.39 is 11.6 Å². The summed E-state index contributed by atoms with van der Waals surface area (Å²) in [6.07, 6.45) is 4.06. The Morgan fingerprint density at radius 3 is 2.71 bits per heavy atom. The molecule has 110 valence electrons. The van der Waals surface area contributed by atoms with E-state index in [1.165, 1.54) is 23.8 Å². The number of aryl methyl sites for hydroxylation is 1. The second-order valence-corrected chi connectivity index (χ2v) is 5.49. The zero-order valence-corrected chi connectivity index (χ0v) is 11.9. The van der Waals surface area contributed by atoms with E-state index in [-0.39, 0.29) is 17.5 Å². The normalized spacial score (nSPS) is 18.5. The van der Waals surface area contributed by atoms with Crippen molar-refractivity contribution in [3.63, 3.8) is 0 Å². The Morgan fingerprint density at radius 1 is 1.24 bits per heavy atom. The van der Waals surface area contributed by atoms with Gasteiger partial charge in [0.25, 0.3) is 0 Å². The predicted molar refractivity (Wildman–Crippen MR) is 78.2 cm³/mol. The number of nitrogens with one attached hydrogen (secondary N) is 1. The Hall–Kier alpha value is -1.81. The Labute approximate surface area is 123 Å². The highest BCUT2D eigenvalue weighted by atomic mass is 19.1. The van der Waals surface area contributed by atoms with Gasteiger partial charge in [-0.25, -0.2) is 8.78 Å². The fourth-order valence-electron chi connectivity index (χ4n) is 3.23. The van der Waals surface area contributed by atoms with E-state index in [0.29, 0.717) is 6.42 Å². The van der Waals surface area contributed by atoms with E-state index >= 15 is 0 Å². The van der Waals surface area contributed by atoms with Gasteiger partial charge in [0, 0.05) is 29.4 Å². The first kappa shape index (κ1) is 14.1. The minimum atomic E-state index is -0.477. The first-order valence-corrected chi connectivity index (χ1v) is 7.24. The molecule has 0 saturated carbocycles. The predicted octanol–water partition coefficient (Wildman–Crippen LogP) is 3.22. The van der Waals surface area contributed by atoms with Crippen LogP contribution in [-0.4, -0.2) is 18.1 Å². The van der Waals surface area contributed by atoms with Crippen LogP contribution in [0, 0.1) is 11.6 Å². The van der Waals surface area contributed by atoms with Crippen LogP contribution in [0.2, 0.25) is 0 Å². The number of rotatable bonds is 4. The minimum absolute atomic E-state index is 0.0208. The van der Waals surface area contributed by atoms with Crippen molar-refractivity contribution in [3.8, 4) is 0 Å². The molecular weight excluding hydrogens is 270 g/mol. The SMILES string of the molecule is CNC(Cc1c(F)cccc1F)C1CCc2cccnc21. The summed E-state index contributed by atoms with van der Waals surface area (Å²) >= 11 is 0. The van der Waals surface area contributed by atoms with Gasteiger partial charge in [-0.1, -0.05) is 12.1 Å². The summed E-state index contributed by atoms with van der Waals surface area (Å²) in [6.45, 7) is 0. The zero-order valence-electron chi connectivity index (χ0n) is 11.9. The van der Waals surface area contributed by atoms with Crippen LogP contribution in [0.5, 0.6) is 0 Å². The van der Waals surface area contributed by atoms with Gasteiger partial charge >= 0.3 is 0 Å². The molecule has 0 saturated heterocycles. The highest BCUT2D eigenvalue weighted by Crippen LogP contribution is 2.35. The van der Waals surface area contributed by atoms with Crippen molar-refractivity contribution in [2.45, 2.75) is 31.2 Å². The number of hydrogen-bond donors (Lipinski definition) is 1. The summed E-state index contributed by atoms with van der Waals surface area (Å²) in [5.74, 6) is -0.755. The van der Waals surface area contributed by atoms with Crippen molar-refractivity contribution >= 4 is 0 Å². The lowest BCUT2D eigenvalue weighted by atomic mass is 9.91. The second kappa shape index (κ2) is 5.90. The van der Waals surface area contributed by atoms with Gasteiger partial charge in [-0.3, -0.25) is 4.98 Å². The van der Waals surface area contributed by atoms with Gasteiger partial charge in [-0.05, 0) is 50.1 Å². The fourth-order valence-corrected chi connectivity index (χ4v) is 3.23. The Bertz CT molecular complexity index is 622. The molecule has 0 radical (unpaired) electrons. The van der Waals surface area contributed by atoms with Gasteiger partial charge in [0.15, 0.2) is 0 Å². The number of fused-ring (bicyclic) bond motifs is 1. The number of likely N-dealkylation sites (N-methyl/N-ethyl adjacent to an activating group) is 1. The summed E-state index contributed by atoms with van der Waals surface area (Å²) < 4.78 is 27.7. The zero-order chi connectivity index (χ0) is 14.8. The van der Waals surface area contributed by atoms with E-state index in [1.807, 2.05) is 13.1 Å². The van der Waals surface area contributed by atoms with Crippen molar-refractivity contribution in [1.82, 2.24) is 10.3 Å². The van der Waals surface area contributed by atoms with Crippen LogP contribution in [0.1, 0.15) is 29.2 Å². The van der Waals surface area contributed by atoms with Gasteiger partial charge < -0.3 is 5.32 Å². The molecule has 1 aliphatic rings. The van der Waals surface area contributed by atoms with Crippen molar-refractivity contribution in [2.75, 3.05) is 7.05 Å². The molecule has 3 rings (SSSR count). The number of halogens is 2. The van der Waals surface area contributed by atoms with Crippen molar-refractivity contribution in [1.29, 1.82) is 0 Å². The number of benzene rings is 1. The fraction of sp³-hybridized carbons (Fsp3) is 0.353. The van der Waals surface area contributed by atoms with Crippen LogP contribution in [0.25, 0.3) is 0 Å². The Balaban J connectivity index is 1.87. The van der Waals surface area contributed by atoms with E-state index in [4.69, 9.17) is 0 Å². The van der Waals surface area contributed by atoms with Gasteiger partial charge in [0.1, 0.15) is 11.6 Å². The molecule has 1 aromatic heterocycles. The quantitative estimate of drug-likeness (QED) is 0.934. The monoisotopic (exact) mass is 288 g/mol. The molecule has 2 nitrogen and oxygen atoms in total. The van der Waals surface area contributed by atoms with Gasteiger partial charge in [0.2, 0.25) is 0 Å². The lowest BCUT2D eigenvalue weighted by Crippen LogP contribution is -2.34. The molecule has 2 aromatic rings. The second-order valence-electron chi connectivity index (χ2n) is 5.49. The standard InChI is InChI=1S/C17H18F2N2/c1-20-16(10-13-14(18)5-2-6-15(13)19)12-8-7-11-4-3-9-21-17(11)12/h2-6,9,12,16,20H,7-8,10H2,1H3. The number of nitrogens with zero attached hydrogens (tertiary/aromatic N) is 1. The molecule has 1 aliphatic carbocycles. The third-order valence-corrected chi connectivity index (χ3v) is 4.34. The van der Waals surface area contributed by atoms with Crippen LogP contribution in [-0.2, 0) is 12.8 Å². The van der Waals surface area contributed by atoms with Crippen LogP contribution < -0.4 is 5.32 Å². The Morgan fingerprint density at radius 2 is 2.00 bits per heavy atom.